The van der Waals surface area contributed by atoms with E-state index in [1.165, 1.54) is 16.8 Å². The first kappa shape index (κ1) is 15.1. The molecule has 1 nitrogen and oxygen atoms in total. The van der Waals surface area contributed by atoms with E-state index in [0.29, 0.717) is 6.04 Å². The molecule has 1 unspecified atom stereocenters. The second kappa shape index (κ2) is 7.49. The van der Waals surface area contributed by atoms with Gasteiger partial charge in [0.25, 0.3) is 0 Å². The van der Waals surface area contributed by atoms with E-state index in [9.17, 15) is 0 Å². The second-order valence-electron chi connectivity index (χ2n) is 5.18. The van der Waals surface area contributed by atoms with Gasteiger partial charge in [-0.15, -0.1) is 13.2 Å². The fraction of sp³-hybridized carbons (Fsp3) is 0.200. The van der Waals surface area contributed by atoms with Crippen LogP contribution in [0.2, 0.25) is 0 Å². The molecule has 0 aromatic heterocycles. The van der Waals surface area contributed by atoms with Crippen molar-refractivity contribution in [1.29, 1.82) is 0 Å². The van der Waals surface area contributed by atoms with Gasteiger partial charge in [-0.05, 0) is 30.0 Å². The molecular formula is C20H23N. The highest BCUT2D eigenvalue weighted by molar-refractivity contribution is 5.55. The van der Waals surface area contributed by atoms with Crippen molar-refractivity contribution >= 4 is 5.69 Å². The van der Waals surface area contributed by atoms with Gasteiger partial charge in [-0.25, -0.2) is 0 Å². The van der Waals surface area contributed by atoms with E-state index in [0.717, 1.165) is 12.8 Å². The Morgan fingerprint density at radius 2 is 1.62 bits per heavy atom. The lowest BCUT2D eigenvalue weighted by Gasteiger charge is -2.31. The number of benzene rings is 2. The zero-order valence-corrected chi connectivity index (χ0v) is 12.7. The molecule has 0 aliphatic carbocycles. The molecule has 0 aliphatic heterocycles. The van der Waals surface area contributed by atoms with Crippen molar-refractivity contribution in [3.05, 3.63) is 91.0 Å². The maximum atomic E-state index is 3.92. The van der Waals surface area contributed by atoms with Crippen LogP contribution in [0.4, 0.5) is 5.69 Å². The van der Waals surface area contributed by atoms with Crippen LogP contribution in [0.1, 0.15) is 23.6 Å². The van der Waals surface area contributed by atoms with E-state index in [-0.39, 0.29) is 0 Å². The minimum absolute atomic E-state index is 0.301. The summed E-state index contributed by atoms with van der Waals surface area (Å²) in [5.74, 6) is 0. The summed E-state index contributed by atoms with van der Waals surface area (Å²) in [6, 6.07) is 19.4. The van der Waals surface area contributed by atoms with Crippen molar-refractivity contribution in [3.8, 4) is 0 Å². The summed E-state index contributed by atoms with van der Waals surface area (Å²) < 4.78 is 0. The quantitative estimate of drug-likeness (QED) is 0.631. The van der Waals surface area contributed by atoms with Gasteiger partial charge in [-0.3, -0.25) is 0 Å². The Balaban J connectivity index is 2.37. The third-order valence-electron chi connectivity index (χ3n) is 3.78. The Bertz CT molecular complexity index is 586. The molecule has 2 aromatic carbocycles. The van der Waals surface area contributed by atoms with Crippen molar-refractivity contribution < 1.29 is 0 Å². The van der Waals surface area contributed by atoms with Gasteiger partial charge in [0.05, 0.1) is 6.04 Å². The Hall–Kier alpha value is -2.28. The van der Waals surface area contributed by atoms with E-state index in [1.54, 1.807) is 0 Å². The minimum atomic E-state index is 0.301. The second-order valence-corrected chi connectivity index (χ2v) is 5.18. The smallest absolute Gasteiger partial charge is 0.0573 e. The Kier molecular flexibility index (Phi) is 5.39. The Labute approximate surface area is 128 Å². The number of allylic oxidation sites excluding steroid dienone is 1. The van der Waals surface area contributed by atoms with E-state index in [2.05, 4.69) is 79.7 Å². The van der Waals surface area contributed by atoms with Crippen LogP contribution in [-0.2, 0) is 6.42 Å². The maximum Gasteiger partial charge on any atom is 0.0573 e. The molecule has 0 amide bonds. The first-order valence-corrected chi connectivity index (χ1v) is 7.35. The molecule has 0 bridgehead atoms. The summed E-state index contributed by atoms with van der Waals surface area (Å²) >= 11 is 0. The molecule has 108 valence electrons. The number of hydrogen-bond donors (Lipinski definition) is 0. The van der Waals surface area contributed by atoms with Gasteiger partial charge in [0.15, 0.2) is 0 Å². The highest BCUT2D eigenvalue weighted by Crippen LogP contribution is 2.31. The van der Waals surface area contributed by atoms with E-state index in [4.69, 9.17) is 0 Å². The summed E-state index contributed by atoms with van der Waals surface area (Å²) in [5, 5.41) is 0. The lowest BCUT2D eigenvalue weighted by atomic mass is 10.00. The van der Waals surface area contributed by atoms with E-state index < -0.39 is 0 Å². The Morgan fingerprint density at radius 3 is 2.29 bits per heavy atom. The topological polar surface area (TPSA) is 3.24 Å². The average molecular weight is 277 g/mol. The van der Waals surface area contributed by atoms with Crippen LogP contribution in [0, 0.1) is 0 Å². The van der Waals surface area contributed by atoms with Gasteiger partial charge in [-0.2, -0.15) is 0 Å². The van der Waals surface area contributed by atoms with Crippen LogP contribution in [0.25, 0.3) is 0 Å². The van der Waals surface area contributed by atoms with Crippen LogP contribution in [0.15, 0.2) is 79.9 Å². The average Bonchev–Trinajstić information content (AvgIpc) is 2.54. The van der Waals surface area contributed by atoms with E-state index in [1.807, 2.05) is 12.2 Å². The largest absolute Gasteiger partial charge is 0.367 e. The fourth-order valence-corrected chi connectivity index (χ4v) is 2.70. The molecule has 0 N–H and O–H groups in total. The number of anilines is 1. The predicted octanol–water partition coefficient (Wildman–Crippen LogP) is 5.17. The summed E-state index contributed by atoms with van der Waals surface area (Å²) in [5.41, 5.74) is 3.88. The molecule has 0 saturated heterocycles. The minimum Gasteiger partial charge on any atom is -0.367 e. The zero-order chi connectivity index (χ0) is 15.1. The third kappa shape index (κ3) is 3.63. The molecule has 0 spiro atoms. The molecule has 21 heavy (non-hydrogen) atoms. The molecule has 0 aliphatic rings. The molecule has 2 rings (SSSR count). The highest BCUT2D eigenvalue weighted by atomic mass is 15.1. The summed E-state index contributed by atoms with van der Waals surface area (Å²) in [6.45, 7) is 7.78. The maximum absolute atomic E-state index is 3.92. The van der Waals surface area contributed by atoms with Crippen molar-refractivity contribution in [2.45, 2.75) is 18.9 Å². The zero-order valence-electron chi connectivity index (χ0n) is 12.7. The van der Waals surface area contributed by atoms with Gasteiger partial charge < -0.3 is 4.90 Å². The summed E-state index contributed by atoms with van der Waals surface area (Å²) in [6.07, 6.45) is 5.75. The highest BCUT2D eigenvalue weighted by Gasteiger charge is 2.17. The van der Waals surface area contributed by atoms with Gasteiger partial charge in [0.2, 0.25) is 0 Å². The monoisotopic (exact) mass is 277 g/mol. The first-order valence-electron chi connectivity index (χ1n) is 7.35. The Morgan fingerprint density at radius 1 is 0.952 bits per heavy atom. The van der Waals surface area contributed by atoms with Crippen LogP contribution in [0.5, 0.6) is 0 Å². The lowest BCUT2D eigenvalue weighted by Crippen LogP contribution is -2.24. The number of nitrogens with zero attached hydrogens (tertiary/aromatic N) is 1. The van der Waals surface area contributed by atoms with Crippen LogP contribution >= 0.6 is 0 Å². The molecule has 1 heteroatoms. The van der Waals surface area contributed by atoms with Crippen molar-refractivity contribution in [2.24, 2.45) is 0 Å². The number of hydrogen-bond acceptors (Lipinski definition) is 1. The van der Waals surface area contributed by atoms with Gasteiger partial charge in [0.1, 0.15) is 0 Å². The van der Waals surface area contributed by atoms with Crippen molar-refractivity contribution in [3.63, 3.8) is 0 Å². The SMILES string of the molecule is C=CCc1ccccc1N(C)C(CC=C)c1ccccc1. The lowest BCUT2D eigenvalue weighted by molar-refractivity contribution is 0.679. The molecule has 2 aromatic rings. The molecule has 0 radical (unpaired) electrons. The van der Waals surface area contributed by atoms with Gasteiger partial charge >= 0.3 is 0 Å². The predicted molar refractivity (Wildman–Crippen MR) is 92.7 cm³/mol. The van der Waals surface area contributed by atoms with Crippen molar-refractivity contribution in [2.75, 3.05) is 11.9 Å². The van der Waals surface area contributed by atoms with Crippen LogP contribution < -0.4 is 4.90 Å². The number of rotatable bonds is 7. The fourth-order valence-electron chi connectivity index (χ4n) is 2.70. The van der Waals surface area contributed by atoms with Crippen LogP contribution in [-0.4, -0.2) is 7.05 Å². The van der Waals surface area contributed by atoms with Crippen molar-refractivity contribution in [1.82, 2.24) is 0 Å². The number of para-hydroxylation sites is 1. The standard InChI is InChI=1S/C20H23N/c1-4-11-17-15-9-10-16-20(17)21(3)19(12-5-2)18-13-7-6-8-14-18/h4-10,13-16,19H,1-2,11-12H2,3H3. The summed E-state index contributed by atoms with van der Waals surface area (Å²) in [4.78, 5) is 2.34. The normalized spacial score (nSPS) is 11.7. The molecule has 0 fully saturated rings. The van der Waals surface area contributed by atoms with Crippen LogP contribution in [0.3, 0.4) is 0 Å². The molecule has 0 heterocycles. The molecular weight excluding hydrogens is 254 g/mol. The summed E-state index contributed by atoms with van der Waals surface area (Å²) in [7, 11) is 2.16. The molecule has 0 saturated carbocycles. The van der Waals surface area contributed by atoms with Gasteiger partial charge in [0, 0.05) is 12.7 Å². The van der Waals surface area contributed by atoms with Gasteiger partial charge in [-0.1, -0.05) is 60.7 Å². The molecule has 1 atom stereocenters. The van der Waals surface area contributed by atoms with E-state index >= 15 is 0 Å². The third-order valence-corrected chi connectivity index (χ3v) is 3.78. The first-order chi connectivity index (χ1) is 10.3.